The van der Waals surface area contributed by atoms with Crippen LogP contribution in [0.1, 0.15) is 43.0 Å². The fourth-order valence-electron chi connectivity index (χ4n) is 3.41. The Hall–Kier alpha value is -2.30. The summed E-state index contributed by atoms with van der Waals surface area (Å²) in [6.45, 7) is 3.97. The van der Waals surface area contributed by atoms with Crippen LogP contribution in [-0.4, -0.2) is 24.9 Å². The van der Waals surface area contributed by atoms with Crippen molar-refractivity contribution in [2.75, 3.05) is 0 Å². The molecule has 1 aromatic carbocycles. The maximum atomic E-state index is 10.2. The standard InChI is InChI=1S/C17H20N4O/c1-10-7-8-13(14(22)9-10)16-18-15-11(2)20-21(17(15)19-16)12-5-3-4-6-12/h7-9,12,22H,3-6H2,1-2H3,(H,18,19). The molecule has 0 spiro atoms. The van der Waals surface area contributed by atoms with Crippen LogP contribution in [0.4, 0.5) is 0 Å². The summed E-state index contributed by atoms with van der Waals surface area (Å²) in [6, 6.07) is 6.11. The minimum absolute atomic E-state index is 0.259. The van der Waals surface area contributed by atoms with Crippen molar-refractivity contribution in [3.63, 3.8) is 0 Å². The minimum atomic E-state index is 0.259. The van der Waals surface area contributed by atoms with E-state index in [-0.39, 0.29) is 5.75 Å². The molecular formula is C17H20N4O. The lowest BCUT2D eigenvalue weighted by Crippen LogP contribution is -2.07. The van der Waals surface area contributed by atoms with Gasteiger partial charge in [-0.15, -0.1) is 0 Å². The van der Waals surface area contributed by atoms with Crippen LogP contribution in [0, 0.1) is 13.8 Å². The number of phenols is 1. The van der Waals surface area contributed by atoms with E-state index in [1.165, 1.54) is 25.7 Å². The predicted octanol–water partition coefficient (Wildman–Crippen LogP) is 3.86. The molecule has 5 nitrogen and oxygen atoms in total. The predicted molar refractivity (Wildman–Crippen MR) is 86.0 cm³/mol. The van der Waals surface area contributed by atoms with Crippen molar-refractivity contribution in [3.8, 4) is 17.1 Å². The molecule has 0 bridgehead atoms. The smallest absolute Gasteiger partial charge is 0.177 e. The largest absolute Gasteiger partial charge is 0.507 e. The van der Waals surface area contributed by atoms with E-state index < -0.39 is 0 Å². The van der Waals surface area contributed by atoms with Gasteiger partial charge in [0.05, 0.1) is 17.3 Å². The van der Waals surface area contributed by atoms with Gasteiger partial charge in [-0.2, -0.15) is 5.10 Å². The van der Waals surface area contributed by atoms with Crippen LogP contribution in [0.2, 0.25) is 0 Å². The molecule has 2 aromatic heterocycles. The highest BCUT2D eigenvalue weighted by atomic mass is 16.3. The highest BCUT2D eigenvalue weighted by Gasteiger charge is 2.23. The van der Waals surface area contributed by atoms with Gasteiger partial charge in [0.15, 0.2) is 5.65 Å². The summed E-state index contributed by atoms with van der Waals surface area (Å²) in [5.41, 5.74) is 4.61. The Kier molecular flexibility index (Phi) is 2.96. The van der Waals surface area contributed by atoms with Gasteiger partial charge in [0.25, 0.3) is 0 Å². The molecule has 1 fully saturated rings. The molecule has 114 valence electrons. The van der Waals surface area contributed by atoms with Gasteiger partial charge in [-0.25, -0.2) is 9.67 Å². The van der Waals surface area contributed by atoms with Crippen LogP contribution in [0.3, 0.4) is 0 Å². The van der Waals surface area contributed by atoms with Gasteiger partial charge in [0.1, 0.15) is 17.1 Å². The van der Waals surface area contributed by atoms with Gasteiger partial charge in [0.2, 0.25) is 0 Å². The molecule has 1 aliphatic rings. The average molecular weight is 296 g/mol. The van der Waals surface area contributed by atoms with Crippen molar-refractivity contribution in [1.82, 2.24) is 19.7 Å². The second-order valence-corrected chi connectivity index (χ2v) is 6.27. The fourth-order valence-corrected chi connectivity index (χ4v) is 3.41. The molecule has 0 unspecified atom stereocenters. The van der Waals surface area contributed by atoms with Crippen LogP contribution in [-0.2, 0) is 0 Å². The highest BCUT2D eigenvalue weighted by Crippen LogP contribution is 2.34. The first-order valence-corrected chi connectivity index (χ1v) is 7.88. The number of H-pyrrole nitrogens is 1. The number of aromatic nitrogens is 4. The molecule has 4 rings (SSSR count). The zero-order chi connectivity index (χ0) is 15.3. The maximum Gasteiger partial charge on any atom is 0.177 e. The summed E-state index contributed by atoms with van der Waals surface area (Å²) in [7, 11) is 0. The number of fused-ring (bicyclic) bond motifs is 1. The average Bonchev–Trinajstić information content (AvgIpc) is 3.17. The van der Waals surface area contributed by atoms with Gasteiger partial charge in [-0.05, 0) is 44.4 Å². The number of hydrogen-bond donors (Lipinski definition) is 2. The summed E-state index contributed by atoms with van der Waals surface area (Å²) in [4.78, 5) is 8.05. The van der Waals surface area contributed by atoms with E-state index in [9.17, 15) is 5.11 Å². The van der Waals surface area contributed by atoms with E-state index >= 15 is 0 Å². The summed E-state index contributed by atoms with van der Waals surface area (Å²) in [5, 5.41) is 14.8. The Bertz CT molecular complexity index is 840. The first-order chi connectivity index (χ1) is 10.6. The molecular weight excluding hydrogens is 276 g/mol. The Morgan fingerprint density at radius 2 is 2.00 bits per heavy atom. The third-order valence-corrected chi connectivity index (χ3v) is 4.60. The van der Waals surface area contributed by atoms with Crippen LogP contribution < -0.4 is 0 Å². The number of phenolic OH excluding ortho intramolecular Hbond substituents is 1. The monoisotopic (exact) mass is 296 g/mol. The number of benzene rings is 1. The highest BCUT2D eigenvalue weighted by molar-refractivity contribution is 5.80. The number of rotatable bonds is 2. The first kappa shape index (κ1) is 13.4. The lowest BCUT2D eigenvalue weighted by Gasteiger charge is -2.09. The minimum Gasteiger partial charge on any atom is -0.507 e. The van der Waals surface area contributed by atoms with Crippen molar-refractivity contribution < 1.29 is 5.11 Å². The summed E-state index contributed by atoms with van der Waals surface area (Å²) in [5.74, 6) is 0.967. The van der Waals surface area contributed by atoms with Crippen molar-refractivity contribution in [2.45, 2.75) is 45.6 Å². The number of nitrogens with one attached hydrogen (secondary N) is 1. The number of aromatic hydroxyl groups is 1. The molecule has 0 aliphatic heterocycles. The molecule has 0 radical (unpaired) electrons. The van der Waals surface area contributed by atoms with Crippen LogP contribution >= 0.6 is 0 Å². The summed E-state index contributed by atoms with van der Waals surface area (Å²) in [6.07, 6.45) is 4.88. The molecule has 0 amide bonds. The second-order valence-electron chi connectivity index (χ2n) is 6.27. The quantitative estimate of drug-likeness (QED) is 0.754. The molecule has 1 saturated carbocycles. The molecule has 0 atom stereocenters. The molecule has 2 heterocycles. The topological polar surface area (TPSA) is 66.7 Å². The normalized spacial score (nSPS) is 15.9. The number of aromatic amines is 1. The van der Waals surface area contributed by atoms with E-state index in [2.05, 4.69) is 14.8 Å². The second kappa shape index (κ2) is 4.87. The summed E-state index contributed by atoms with van der Waals surface area (Å²) < 4.78 is 2.07. The van der Waals surface area contributed by atoms with Gasteiger partial charge >= 0.3 is 0 Å². The van der Waals surface area contributed by atoms with E-state index in [4.69, 9.17) is 4.98 Å². The van der Waals surface area contributed by atoms with Crippen LogP contribution in [0.15, 0.2) is 18.2 Å². The van der Waals surface area contributed by atoms with Gasteiger partial charge in [0, 0.05) is 0 Å². The Balaban J connectivity index is 1.85. The zero-order valence-corrected chi connectivity index (χ0v) is 12.9. The molecule has 3 aromatic rings. The van der Waals surface area contributed by atoms with Crippen molar-refractivity contribution >= 4 is 11.2 Å². The van der Waals surface area contributed by atoms with Crippen molar-refractivity contribution in [1.29, 1.82) is 0 Å². The van der Waals surface area contributed by atoms with E-state index in [0.29, 0.717) is 11.9 Å². The van der Waals surface area contributed by atoms with Gasteiger partial charge in [-0.1, -0.05) is 18.9 Å². The molecule has 0 saturated heterocycles. The van der Waals surface area contributed by atoms with Crippen molar-refractivity contribution in [2.24, 2.45) is 0 Å². The summed E-state index contributed by atoms with van der Waals surface area (Å²) >= 11 is 0. The lowest BCUT2D eigenvalue weighted by atomic mass is 10.1. The van der Waals surface area contributed by atoms with Crippen LogP contribution in [0.25, 0.3) is 22.6 Å². The zero-order valence-electron chi connectivity index (χ0n) is 12.9. The number of aryl methyl sites for hydroxylation is 2. The van der Waals surface area contributed by atoms with Crippen molar-refractivity contribution in [3.05, 3.63) is 29.5 Å². The Morgan fingerprint density at radius 1 is 1.23 bits per heavy atom. The third-order valence-electron chi connectivity index (χ3n) is 4.60. The number of imidazole rings is 1. The number of nitrogens with zero attached hydrogens (tertiary/aromatic N) is 3. The van der Waals surface area contributed by atoms with Gasteiger partial charge < -0.3 is 10.1 Å². The molecule has 1 aliphatic carbocycles. The fraction of sp³-hybridized carbons (Fsp3) is 0.412. The lowest BCUT2D eigenvalue weighted by molar-refractivity contribution is 0.475. The first-order valence-electron chi connectivity index (χ1n) is 7.88. The molecule has 22 heavy (non-hydrogen) atoms. The number of hydrogen-bond acceptors (Lipinski definition) is 3. The third kappa shape index (κ3) is 2.00. The Morgan fingerprint density at radius 3 is 2.73 bits per heavy atom. The van der Waals surface area contributed by atoms with Gasteiger partial charge in [-0.3, -0.25) is 0 Å². The maximum absolute atomic E-state index is 10.2. The SMILES string of the molecule is Cc1ccc(-c2nc3c([nH]2)c(C)nn3C2CCCC2)c(O)c1. The Labute approximate surface area is 129 Å². The van der Waals surface area contributed by atoms with E-state index in [1.807, 2.05) is 26.0 Å². The van der Waals surface area contributed by atoms with E-state index in [0.717, 1.165) is 28.0 Å². The van der Waals surface area contributed by atoms with E-state index in [1.54, 1.807) is 6.07 Å². The molecule has 2 N–H and O–H groups in total. The molecule has 5 heteroatoms. The van der Waals surface area contributed by atoms with Crippen LogP contribution in [0.5, 0.6) is 5.75 Å².